The number of halogens is 2. The molecule has 0 aliphatic carbocycles. The molecule has 2 aromatic carbocycles. The predicted molar refractivity (Wildman–Crippen MR) is 145 cm³/mol. The van der Waals surface area contributed by atoms with Crippen molar-refractivity contribution in [2.45, 2.75) is 19.5 Å². The number of carbonyl (C=O) groups is 1. The zero-order chi connectivity index (χ0) is 28.4. The van der Waals surface area contributed by atoms with Gasteiger partial charge in [-0.2, -0.15) is 10.4 Å². The maximum Gasteiger partial charge on any atom is 0.274 e. The van der Waals surface area contributed by atoms with E-state index in [0.29, 0.717) is 23.6 Å². The molecule has 200 valence electrons. The maximum absolute atomic E-state index is 13.7. The number of nitrogens with one attached hydrogen (secondary N) is 2. The fourth-order valence-electron chi connectivity index (χ4n) is 4.19. The van der Waals surface area contributed by atoms with E-state index in [2.05, 4.69) is 30.7 Å². The molecule has 4 N–H and O–H groups in total. The summed E-state index contributed by atoms with van der Waals surface area (Å²) in [6.07, 6.45) is 3.02. The molecule has 0 spiro atoms. The molecule has 0 saturated heterocycles. The van der Waals surface area contributed by atoms with Crippen LogP contribution < -0.4 is 16.4 Å². The van der Waals surface area contributed by atoms with Gasteiger partial charge in [-0.05, 0) is 41.8 Å². The highest BCUT2D eigenvalue weighted by molar-refractivity contribution is 5.97. The van der Waals surface area contributed by atoms with Gasteiger partial charge in [0.05, 0.1) is 17.6 Å². The summed E-state index contributed by atoms with van der Waals surface area (Å²) in [6, 6.07) is 14.2. The summed E-state index contributed by atoms with van der Waals surface area (Å²) >= 11 is 0. The monoisotopic (exact) mass is 539 g/mol. The molecule has 1 unspecified atom stereocenters. The first kappa shape index (κ1) is 26.2. The van der Waals surface area contributed by atoms with E-state index in [1.54, 1.807) is 24.9 Å². The molecule has 3 heterocycles. The smallest absolute Gasteiger partial charge is 0.274 e. The second-order valence-electron chi connectivity index (χ2n) is 9.09. The van der Waals surface area contributed by atoms with Gasteiger partial charge in [0.15, 0.2) is 40.3 Å². The molecule has 0 aliphatic heterocycles. The zero-order valence-electron chi connectivity index (χ0n) is 21.5. The summed E-state index contributed by atoms with van der Waals surface area (Å²) < 4.78 is 28.6. The number of nitrogens with two attached hydrogens (primary N) is 1. The highest BCUT2D eigenvalue weighted by Gasteiger charge is 2.20. The molecule has 1 atom stereocenters. The minimum Gasteiger partial charge on any atom is -0.382 e. The summed E-state index contributed by atoms with van der Waals surface area (Å²) in [6.45, 7) is 1.93. The van der Waals surface area contributed by atoms with Crippen molar-refractivity contribution in [2.24, 2.45) is 7.05 Å². The average Bonchev–Trinajstić information content (AvgIpc) is 3.25. The van der Waals surface area contributed by atoms with Crippen LogP contribution in [0.15, 0.2) is 60.9 Å². The van der Waals surface area contributed by atoms with E-state index in [1.807, 2.05) is 36.4 Å². The molecule has 0 radical (unpaired) electrons. The van der Waals surface area contributed by atoms with Gasteiger partial charge < -0.3 is 16.4 Å². The molecule has 40 heavy (non-hydrogen) atoms. The minimum atomic E-state index is -1.02. The second-order valence-corrected chi connectivity index (χ2v) is 9.09. The van der Waals surface area contributed by atoms with Gasteiger partial charge in [0.1, 0.15) is 6.07 Å². The van der Waals surface area contributed by atoms with Crippen LogP contribution in [0.4, 0.5) is 20.4 Å². The zero-order valence-corrected chi connectivity index (χ0v) is 21.5. The molecule has 12 heteroatoms. The number of hydrogen-bond acceptors (Lipinski definition) is 8. The lowest BCUT2D eigenvalue weighted by molar-refractivity contribution is 0.0935. The first-order valence-corrected chi connectivity index (χ1v) is 12.2. The Kier molecular flexibility index (Phi) is 7.03. The predicted octanol–water partition coefficient (Wildman–Crippen LogP) is 4.26. The number of rotatable bonds is 7. The third-order valence-corrected chi connectivity index (χ3v) is 6.35. The highest BCUT2D eigenvalue weighted by Crippen LogP contribution is 2.26. The number of nitrogen functional groups attached to an aromatic ring is 1. The van der Waals surface area contributed by atoms with Gasteiger partial charge in [0.25, 0.3) is 5.91 Å². The Morgan fingerprint density at radius 2 is 1.85 bits per heavy atom. The second kappa shape index (κ2) is 10.7. The van der Waals surface area contributed by atoms with E-state index in [1.165, 1.54) is 12.3 Å². The topological polar surface area (TPSA) is 147 Å². The van der Waals surface area contributed by atoms with Crippen LogP contribution in [0.5, 0.6) is 0 Å². The normalized spacial score (nSPS) is 11.7. The fraction of sp³-hybridized carbons (Fsp3) is 0.143. The van der Waals surface area contributed by atoms with E-state index >= 15 is 0 Å². The van der Waals surface area contributed by atoms with Crippen LogP contribution in [0.3, 0.4) is 0 Å². The van der Waals surface area contributed by atoms with Gasteiger partial charge >= 0.3 is 0 Å². The number of nitriles is 1. The molecule has 5 rings (SSSR count). The van der Waals surface area contributed by atoms with Gasteiger partial charge in [-0.25, -0.2) is 28.4 Å². The molecule has 3 aromatic heterocycles. The summed E-state index contributed by atoms with van der Waals surface area (Å²) in [5.41, 5.74) is 9.64. The van der Waals surface area contributed by atoms with Crippen LogP contribution >= 0.6 is 0 Å². The first-order chi connectivity index (χ1) is 19.2. The van der Waals surface area contributed by atoms with E-state index in [4.69, 9.17) is 5.73 Å². The van der Waals surface area contributed by atoms with Crippen molar-refractivity contribution >= 4 is 28.6 Å². The lowest BCUT2D eigenvalue weighted by Crippen LogP contribution is -2.29. The molecule has 5 aromatic rings. The van der Waals surface area contributed by atoms with Gasteiger partial charge in [-0.1, -0.05) is 30.3 Å². The number of aromatic nitrogens is 5. The van der Waals surface area contributed by atoms with E-state index in [9.17, 15) is 18.8 Å². The Bertz CT molecular complexity index is 1780. The number of carbonyl (C=O) groups excluding carboxylic acids is 1. The van der Waals surface area contributed by atoms with Crippen molar-refractivity contribution in [2.75, 3.05) is 11.1 Å². The third kappa shape index (κ3) is 5.25. The molecule has 0 saturated carbocycles. The number of benzene rings is 2. The molecular formula is C28H23F2N9O. The van der Waals surface area contributed by atoms with E-state index in [0.717, 1.165) is 34.2 Å². The van der Waals surface area contributed by atoms with Crippen LogP contribution in [0.2, 0.25) is 0 Å². The van der Waals surface area contributed by atoms with Crippen molar-refractivity contribution in [1.82, 2.24) is 30.0 Å². The Morgan fingerprint density at radius 3 is 2.58 bits per heavy atom. The summed E-state index contributed by atoms with van der Waals surface area (Å²) in [5, 5.41) is 20.0. The van der Waals surface area contributed by atoms with Gasteiger partial charge in [0.2, 0.25) is 0 Å². The Hall–Kier alpha value is -5.44. The number of nitrogens with zero attached hydrogens (tertiary/aromatic N) is 6. The van der Waals surface area contributed by atoms with Crippen LogP contribution in [0.1, 0.15) is 40.3 Å². The van der Waals surface area contributed by atoms with Crippen LogP contribution in [-0.2, 0) is 13.6 Å². The first-order valence-electron chi connectivity index (χ1n) is 12.2. The number of amides is 1. The largest absolute Gasteiger partial charge is 0.382 e. The lowest BCUT2D eigenvalue weighted by Gasteiger charge is -2.16. The Morgan fingerprint density at radius 1 is 1.07 bits per heavy atom. The third-order valence-electron chi connectivity index (χ3n) is 6.35. The summed E-state index contributed by atoms with van der Waals surface area (Å²) in [4.78, 5) is 25.8. The highest BCUT2D eigenvalue weighted by atomic mass is 19.2. The quantitative estimate of drug-likeness (QED) is 0.278. The molecule has 1 amide bonds. The van der Waals surface area contributed by atoms with Crippen LogP contribution in [0, 0.1) is 23.0 Å². The number of hydrogen-bond donors (Lipinski definition) is 3. The maximum atomic E-state index is 13.7. The lowest BCUT2D eigenvalue weighted by atomic mass is 10.0. The Balaban J connectivity index is 1.31. The van der Waals surface area contributed by atoms with Crippen molar-refractivity contribution in [3.05, 3.63) is 95.1 Å². The number of fused-ring (bicyclic) bond motifs is 1. The number of pyridine rings is 1. The Labute approximate surface area is 227 Å². The van der Waals surface area contributed by atoms with Crippen molar-refractivity contribution in [3.63, 3.8) is 0 Å². The number of anilines is 2. The molecule has 0 fully saturated rings. The van der Waals surface area contributed by atoms with Crippen molar-refractivity contribution in [1.29, 1.82) is 5.26 Å². The van der Waals surface area contributed by atoms with Gasteiger partial charge in [0, 0.05) is 25.4 Å². The average molecular weight is 540 g/mol. The number of aryl methyl sites for hydroxylation is 1. The standard InChI is InChI=1S/C28H23F2N9O/c1-15(18-7-8-22(29)23(30)10-18)36-28(40)24-26(34-14-20(11-31)37-24)33-12-16-3-5-17(6-4-16)19-9-21-25(32)38-39(2)27(21)35-13-19/h3-10,13-15H,12H2,1-2H3,(H2,32,38)(H,33,34)(H,36,40). The minimum absolute atomic E-state index is 0.0413. The van der Waals surface area contributed by atoms with Gasteiger partial charge in [-0.3, -0.25) is 4.79 Å². The fourth-order valence-corrected chi connectivity index (χ4v) is 4.19. The summed E-state index contributed by atoms with van der Waals surface area (Å²) in [5.74, 6) is -2.05. The SMILES string of the molecule is CC(NC(=O)c1nc(C#N)cnc1NCc1ccc(-c2cnc3c(c2)c(N)nn3C)cc1)c1ccc(F)c(F)c1. The summed E-state index contributed by atoms with van der Waals surface area (Å²) in [7, 11) is 1.79. The molecule has 0 bridgehead atoms. The molecule has 10 nitrogen and oxygen atoms in total. The molecule has 0 aliphatic rings. The van der Waals surface area contributed by atoms with Crippen molar-refractivity contribution < 1.29 is 13.6 Å². The van der Waals surface area contributed by atoms with Crippen molar-refractivity contribution in [3.8, 4) is 17.2 Å². The van der Waals surface area contributed by atoms with E-state index in [-0.39, 0.29) is 17.2 Å². The van der Waals surface area contributed by atoms with Gasteiger partial charge in [-0.15, -0.1) is 0 Å². The van der Waals surface area contributed by atoms with E-state index < -0.39 is 23.6 Å². The molecular weight excluding hydrogens is 516 g/mol. The van der Waals surface area contributed by atoms with Crippen LogP contribution in [0.25, 0.3) is 22.2 Å². The van der Waals surface area contributed by atoms with Crippen LogP contribution in [-0.4, -0.2) is 30.6 Å².